The number of ketones is 1. The van der Waals surface area contributed by atoms with E-state index in [1.165, 1.54) is 0 Å². The largest absolute Gasteiger partial charge is 0.489 e. The molecule has 0 atom stereocenters. The zero-order chi connectivity index (χ0) is 41.0. The van der Waals surface area contributed by atoms with E-state index in [0.29, 0.717) is 68.5 Å². The van der Waals surface area contributed by atoms with Crippen molar-refractivity contribution in [1.29, 1.82) is 5.26 Å². The highest BCUT2D eigenvalue weighted by molar-refractivity contribution is 7.90. The van der Waals surface area contributed by atoms with E-state index in [1.807, 2.05) is 36.6 Å². The molecule has 0 amide bonds. The van der Waals surface area contributed by atoms with E-state index in [0.717, 1.165) is 64.2 Å². The number of aromatic nitrogens is 3. The van der Waals surface area contributed by atoms with Gasteiger partial charge in [0.05, 0.1) is 71.5 Å². The summed E-state index contributed by atoms with van der Waals surface area (Å²) in [5.41, 5.74) is 4.48. The second kappa shape index (κ2) is 20.2. The minimum atomic E-state index is -3.64. The molecule has 14 nitrogen and oxygen atoms in total. The minimum Gasteiger partial charge on any atom is -0.489 e. The Morgan fingerprint density at radius 1 is 1.00 bits per heavy atom. The average Bonchev–Trinajstić information content (AvgIpc) is 4.02. The number of nitriles is 1. The summed E-state index contributed by atoms with van der Waals surface area (Å²) in [6.45, 7) is 6.40. The second-order valence-electron chi connectivity index (χ2n) is 14.3. The van der Waals surface area contributed by atoms with Gasteiger partial charge in [-0.3, -0.25) is 14.7 Å². The van der Waals surface area contributed by atoms with Crippen molar-refractivity contribution < 1.29 is 41.4 Å². The van der Waals surface area contributed by atoms with Gasteiger partial charge in [-0.2, -0.15) is 5.26 Å². The molecule has 16 heteroatoms. The number of sulfone groups is 1. The first-order valence-electron chi connectivity index (χ1n) is 19.6. The van der Waals surface area contributed by atoms with Crippen molar-refractivity contribution >= 4 is 48.1 Å². The van der Waals surface area contributed by atoms with Gasteiger partial charge in [0.15, 0.2) is 21.4 Å². The van der Waals surface area contributed by atoms with Crippen LogP contribution in [0.4, 0.5) is 0 Å². The highest BCUT2D eigenvalue weighted by Gasteiger charge is 2.23. The predicted molar refractivity (Wildman–Crippen MR) is 221 cm³/mol. The number of hydrogen-bond donors (Lipinski definition) is 1. The summed E-state index contributed by atoms with van der Waals surface area (Å²) in [4.78, 5) is 22.4. The van der Waals surface area contributed by atoms with Crippen LogP contribution in [0.25, 0.3) is 21.1 Å². The normalized spacial score (nSPS) is 13.9. The van der Waals surface area contributed by atoms with E-state index in [4.69, 9.17) is 28.2 Å². The second-order valence-corrected chi connectivity index (χ2v) is 17.2. The summed E-state index contributed by atoms with van der Waals surface area (Å²) in [6.07, 6.45) is 6.18. The Hall–Kier alpha value is -5.15. The smallest absolute Gasteiger partial charge is 0.254 e. The van der Waals surface area contributed by atoms with Crippen LogP contribution in [0, 0.1) is 18.3 Å². The number of rotatable bonds is 22. The standard InChI is InChI=1S/C43H47N5O9S2/c1-30-2-6-32(42-41(30)33(25-44)26-46-42)29-59(50,51)37-8-4-31(5-9-37)3-7-34(49)28-54-20-19-52-17-18-53-21-22-55-40-24-36(57-47-40)27-48-15-11-35(12-16-48)56-39-10-14-45-38-13-23-58-43(38)39/h2,4-6,8-10,13-14,23-24,26,35,46H,3,7,11-12,15-22,27-29H2,1H3. The molecule has 1 fully saturated rings. The quantitative estimate of drug-likeness (QED) is 0.0724. The monoisotopic (exact) mass is 841 g/mol. The van der Waals surface area contributed by atoms with Crippen LogP contribution in [0.2, 0.25) is 0 Å². The number of benzene rings is 2. The van der Waals surface area contributed by atoms with Crippen LogP contribution in [0.3, 0.4) is 0 Å². The molecule has 0 radical (unpaired) electrons. The first-order valence-corrected chi connectivity index (χ1v) is 22.1. The molecule has 0 saturated carbocycles. The number of likely N-dealkylation sites (tertiary alicyclic amines) is 1. The van der Waals surface area contributed by atoms with Crippen molar-refractivity contribution in [3.05, 3.63) is 100 Å². The Morgan fingerprint density at radius 3 is 2.54 bits per heavy atom. The number of thiophene rings is 1. The third-order valence-electron chi connectivity index (χ3n) is 10.1. The third kappa shape index (κ3) is 11.3. The number of ether oxygens (including phenoxy) is 5. The highest BCUT2D eigenvalue weighted by atomic mass is 32.2. The number of aryl methyl sites for hydroxylation is 2. The van der Waals surface area contributed by atoms with Gasteiger partial charge in [0.2, 0.25) is 0 Å². The van der Waals surface area contributed by atoms with Crippen molar-refractivity contribution in [1.82, 2.24) is 20.0 Å². The molecule has 0 aliphatic carbocycles. The molecule has 4 aromatic heterocycles. The van der Waals surface area contributed by atoms with Crippen molar-refractivity contribution in [2.45, 2.75) is 55.9 Å². The lowest BCUT2D eigenvalue weighted by Gasteiger charge is -2.31. The molecule has 7 rings (SSSR count). The van der Waals surface area contributed by atoms with Crippen LogP contribution in [0.5, 0.6) is 11.6 Å². The van der Waals surface area contributed by atoms with E-state index in [2.05, 4.69) is 26.1 Å². The van der Waals surface area contributed by atoms with Gasteiger partial charge in [0.25, 0.3) is 5.88 Å². The lowest BCUT2D eigenvalue weighted by Crippen LogP contribution is -2.37. The van der Waals surface area contributed by atoms with Gasteiger partial charge >= 0.3 is 0 Å². The molecule has 6 aromatic rings. The van der Waals surface area contributed by atoms with Gasteiger partial charge in [0, 0.05) is 43.4 Å². The summed E-state index contributed by atoms with van der Waals surface area (Å²) in [6, 6.07) is 18.1. The summed E-state index contributed by atoms with van der Waals surface area (Å²) in [5, 5.41) is 16.2. The van der Waals surface area contributed by atoms with Crippen molar-refractivity contribution in [3.63, 3.8) is 0 Å². The van der Waals surface area contributed by atoms with E-state index in [-0.39, 0.29) is 42.2 Å². The van der Waals surface area contributed by atoms with E-state index >= 15 is 0 Å². The van der Waals surface area contributed by atoms with Crippen LogP contribution in [0.15, 0.2) is 81.8 Å². The van der Waals surface area contributed by atoms with Crippen LogP contribution < -0.4 is 9.47 Å². The number of hydrogen-bond acceptors (Lipinski definition) is 14. The molecule has 1 aliphatic rings. The first kappa shape index (κ1) is 42.0. The number of nitrogens with zero attached hydrogens (tertiary/aromatic N) is 4. The Morgan fingerprint density at radius 2 is 1.76 bits per heavy atom. The fraction of sp³-hybridized carbons (Fsp3) is 0.395. The molecule has 5 heterocycles. The lowest BCUT2D eigenvalue weighted by molar-refractivity contribution is -0.124. The molecule has 59 heavy (non-hydrogen) atoms. The van der Waals surface area contributed by atoms with Crippen molar-refractivity contribution in [3.8, 4) is 17.7 Å². The molecule has 0 bridgehead atoms. The van der Waals surface area contributed by atoms with Gasteiger partial charge in [-0.1, -0.05) is 24.3 Å². The van der Waals surface area contributed by atoms with Crippen molar-refractivity contribution in [2.24, 2.45) is 0 Å². The number of Topliss-reactive ketones (excluding diaryl/α,β-unsaturated/α-hetero) is 1. The lowest BCUT2D eigenvalue weighted by atomic mass is 10.0. The number of carbonyl (C=O) groups is 1. The van der Waals surface area contributed by atoms with E-state index in [9.17, 15) is 18.5 Å². The van der Waals surface area contributed by atoms with Crippen LogP contribution in [-0.4, -0.2) is 99.7 Å². The summed E-state index contributed by atoms with van der Waals surface area (Å²) >= 11 is 1.65. The summed E-state index contributed by atoms with van der Waals surface area (Å²) < 4.78 is 61.6. The number of piperidine rings is 1. The fourth-order valence-electron chi connectivity index (χ4n) is 6.99. The Labute approximate surface area is 346 Å². The number of fused-ring (bicyclic) bond motifs is 2. The summed E-state index contributed by atoms with van der Waals surface area (Å²) in [7, 11) is -3.64. The molecule has 1 saturated heterocycles. The van der Waals surface area contributed by atoms with Crippen LogP contribution in [0.1, 0.15) is 47.3 Å². The molecule has 1 N–H and O–H groups in total. The SMILES string of the molecule is Cc1ccc(CS(=O)(=O)c2ccc(CCC(=O)COCCOCCOCCOc3cc(CN4CCC(Oc5ccnc6ccsc56)CC4)on3)cc2)c2[nH]cc(C#N)c12. The number of pyridine rings is 1. The molecule has 0 unspecified atom stereocenters. The van der Waals surface area contributed by atoms with Crippen LogP contribution >= 0.6 is 11.3 Å². The van der Waals surface area contributed by atoms with E-state index in [1.54, 1.807) is 54.1 Å². The number of H-pyrrole nitrogens is 1. The third-order valence-corrected chi connectivity index (χ3v) is 12.7. The Balaban J connectivity index is 0.692. The van der Waals surface area contributed by atoms with E-state index < -0.39 is 9.84 Å². The highest BCUT2D eigenvalue weighted by Crippen LogP contribution is 2.32. The molecular weight excluding hydrogens is 795 g/mol. The zero-order valence-corrected chi connectivity index (χ0v) is 34.5. The van der Waals surface area contributed by atoms with Gasteiger partial charge in [-0.15, -0.1) is 11.3 Å². The minimum absolute atomic E-state index is 0.0237. The average molecular weight is 842 g/mol. The molecule has 1 aliphatic heterocycles. The van der Waals surface area contributed by atoms with Crippen molar-refractivity contribution in [2.75, 3.05) is 59.3 Å². The predicted octanol–water partition coefficient (Wildman–Crippen LogP) is 6.59. The van der Waals surface area contributed by atoms with Gasteiger partial charge in [0.1, 0.15) is 31.1 Å². The first-order chi connectivity index (χ1) is 28.8. The molecule has 310 valence electrons. The topological polar surface area (TPSA) is 179 Å². The maximum Gasteiger partial charge on any atom is 0.254 e. The summed E-state index contributed by atoms with van der Waals surface area (Å²) in [5.74, 6) is 1.83. The van der Waals surface area contributed by atoms with Crippen LogP contribution in [-0.2, 0) is 47.6 Å². The maximum absolute atomic E-state index is 13.2. The number of aromatic amines is 1. The number of carbonyl (C=O) groups excluding carboxylic acids is 1. The van der Waals surface area contributed by atoms with Gasteiger partial charge in [-0.25, -0.2) is 8.42 Å². The molecule has 2 aromatic carbocycles. The zero-order valence-electron chi connectivity index (χ0n) is 32.9. The van der Waals surface area contributed by atoms with Gasteiger partial charge < -0.3 is 33.2 Å². The fourth-order valence-corrected chi connectivity index (χ4v) is 9.16. The number of nitrogens with one attached hydrogen (secondary N) is 1. The Bertz CT molecular complexity index is 2460. The molecule has 0 spiro atoms. The molecular formula is C43H47N5O9S2. The maximum atomic E-state index is 13.2. The van der Waals surface area contributed by atoms with Gasteiger partial charge in [-0.05, 0) is 77.7 Å². The Kier molecular flexibility index (Phi) is 14.4.